The molecule has 3 amide bonds. The van der Waals surface area contributed by atoms with Gasteiger partial charge in [-0.2, -0.15) is 0 Å². The number of benzene rings is 1. The van der Waals surface area contributed by atoms with Crippen LogP contribution in [0.15, 0.2) is 30.3 Å². The summed E-state index contributed by atoms with van der Waals surface area (Å²) in [7, 11) is 0. The SMILES string of the molecule is CCCNC(=O)[C@H]1[C@H]2C(=O)N([C@H](CO)c3ccccc3)C(C(=O)NCCN3CCOCC3)C23CC(C)[C@]1(C)O3. The molecule has 4 aliphatic rings. The van der Waals surface area contributed by atoms with E-state index in [4.69, 9.17) is 9.47 Å². The lowest BCUT2D eigenvalue weighted by Gasteiger charge is -2.37. The van der Waals surface area contributed by atoms with Gasteiger partial charge in [0.15, 0.2) is 0 Å². The number of morpholine rings is 1. The van der Waals surface area contributed by atoms with Crippen LogP contribution in [-0.2, 0) is 23.9 Å². The summed E-state index contributed by atoms with van der Waals surface area (Å²) in [5.74, 6) is -2.38. The Kier molecular flexibility index (Phi) is 8.01. The van der Waals surface area contributed by atoms with Crippen molar-refractivity contribution in [1.29, 1.82) is 0 Å². The van der Waals surface area contributed by atoms with E-state index in [1.807, 2.05) is 51.1 Å². The number of carbonyl (C=O) groups is 3. The minimum absolute atomic E-state index is 0.0353. The van der Waals surface area contributed by atoms with E-state index in [-0.39, 0.29) is 30.2 Å². The molecule has 4 fully saturated rings. The highest BCUT2D eigenvalue weighted by Crippen LogP contribution is 2.65. The number of hydrogen-bond donors (Lipinski definition) is 3. The average molecular weight is 543 g/mol. The Balaban J connectivity index is 1.50. The van der Waals surface area contributed by atoms with Gasteiger partial charge in [0.1, 0.15) is 11.6 Å². The molecule has 1 aromatic rings. The summed E-state index contributed by atoms with van der Waals surface area (Å²) in [6.45, 7) is 10.1. The number of aliphatic hydroxyl groups is 1. The monoisotopic (exact) mass is 542 g/mol. The van der Waals surface area contributed by atoms with Crippen LogP contribution in [0.3, 0.4) is 0 Å². The predicted molar refractivity (Wildman–Crippen MR) is 143 cm³/mol. The Labute approximate surface area is 230 Å². The van der Waals surface area contributed by atoms with E-state index in [0.717, 1.165) is 25.1 Å². The van der Waals surface area contributed by atoms with Crippen molar-refractivity contribution in [2.45, 2.75) is 56.9 Å². The van der Waals surface area contributed by atoms with Crippen LogP contribution in [0.4, 0.5) is 0 Å². The van der Waals surface area contributed by atoms with Crippen LogP contribution in [0.2, 0.25) is 0 Å². The van der Waals surface area contributed by atoms with Gasteiger partial charge in [-0.3, -0.25) is 19.3 Å². The molecular formula is C29H42N4O6. The summed E-state index contributed by atoms with van der Waals surface area (Å²) in [6.07, 6.45) is 1.26. The number of fused-ring (bicyclic) bond motifs is 1. The van der Waals surface area contributed by atoms with Crippen LogP contribution >= 0.6 is 0 Å². The van der Waals surface area contributed by atoms with Crippen molar-refractivity contribution >= 4 is 17.7 Å². The second kappa shape index (κ2) is 11.2. The normalized spacial score (nSPS) is 34.7. The van der Waals surface area contributed by atoms with Gasteiger partial charge in [-0.05, 0) is 31.2 Å². The number of likely N-dealkylation sites (tertiary alicyclic amines) is 1. The molecule has 39 heavy (non-hydrogen) atoms. The Morgan fingerprint density at radius 1 is 1.13 bits per heavy atom. The molecule has 0 aliphatic carbocycles. The first-order valence-corrected chi connectivity index (χ1v) is 14.3. The van der Waals surface area contributed by atoms with Crippen LogP contribution in [0.1, 0.15) is 45.2 Å². The highest BCUT2D eigenvalue weighted by Gasteiger charge is 2.80. The fraction of sp³-hybridized carbons (Fsp3) is 0.690. The van der Waals surface area contributed by atoms with Gasteiger partial charge in [-0.15, -0.1) is 0 Å². The lowest BCUT2D eigenvalue weighted by Crippen LogP contribution is -2.57. The minimum atomic E-state index is -1.15. The molecule has 4 heterocycles. The fourth-order valence-corrected chi connectivity index (χ4v) is 7.36. The van der Waals surface area contributed by atoms with Crippen molar-refractivity contribution in [2.24, 2.45) is 17.8 Å². The van der Waals surface area contributed by atoms with Gasteiger partial charge in [-0.1, -0.05) is 44.2 Å². The zero-order valence-electron chi connectivity index (χ0n) is 23.2. The molecule has 3 N–H and O–H groups in total. The fourth-order valence-electron chi connectivity index (χ4n) is 7.36. The average Bonchev–Trinajstić information content (AvgIpc) is 3.46. The molecular weight excluding hydrogens is 500 g/mol. The first kappa shape index (κ1) is 28.0. The predicted octanol–water partition coefficient (Wildman–Crippen LogP) is 0.705. The number of amides is 3. The maximum atomic E-state index is 14.4. The van der Waals surface area contributed by atoms with Crippen molar-refractivity contribution in [2.75, 3.05) is 52.5 Å². The number of ether oxygens (including phenoxy) is 2. The minimum Gasteiger partial charge on any atom is -0.394 e. The zero-order valence-corrected chi connectivity index (χ0v) is 23.2. The summed E-state index contributed by atoms with van der Waals surface area (Å²) in [5.41, 5.74) is -1.28. The van der Waals surface area contributed by atoms with Crippen molar-refractivity contribution < 1.29 is 29.0 Å². The van der Waals surface area contributed by atoms with Gasteiger partial charge in [0.2, 0.25) is 17.7 Å². The van der Waals surface area contributed by atoms with Crippen molar-refractivity contribution in [3.05, 3.63) is 35.9 Å². The molecule has 2 bridgehead atoms. The van der Waals surface area contributed by atoms with E-state index in [9.17, 15) is 19.5 Å². The molecule has 214 valence electrons. The molecule has 0 aromatic heterocycles. The third-order valence-corrected chi connectivity index (χ3v) is 9.36. The summed E-state index contributed by atoms with van der Waals surface area (Å²) in [5, 5.41) is 16.6. The lowest BCUT2D eigenvalue weighted by molar-refractivity contribution is -0.151. The number of nitrogens with zero attached hydrogens (tertiary/aromatic N) is 2. The van der Waals surface area contributed by atoms with Crippen molar-refractivity contribution in [3.8, 4) is 0 Å². The van der Waals surface area contributed by atoms with Gasteiger partial charge in [-0.25, -0.2) is 0 Å². The van der Waals surface area contributed by atoms with E-state index < -0.39 is 35.1 Å². The molecule has 4 saturated heterocycles. The zero-order chi connectivity index (χ0) is 27.8. The number of rotatable bonds is 10. The summed E-state index contributed by atoms with van der Waals surface area (Å²) in [4.78, 5) is 45.7. The van der Waals surface area contributed by atoms with E-state index >= 15 is 0 Å². The lowest BCUT2D eigenvalue weighted by atomic mass is 9.62. The Morgan fingerprint density at radius 2 is 1.82 bits per heavy atom. The number of nitrogens with one attached hydrogen (secondary N) is 2. The second-order valence-electron chi connectivity index (χ2n) is 11.6. The molecule has 7 atom stereocenters. The molecule has 1 spiro atoms. The maximum Gasteiger partial charge on any atom is 0.245 e. The Bertz CT molecular complexity index is 1070. The number of hydrogen-bond acceptors (Lipinski definition) is 7. The van der Waals surface area contributed by atoms with Gasteiger partial charge in [0.25, 0.3) is 0 Å². The molecule has 10 nitrogen and oxygen atoms in total. The number of carbonyl (C=O) groups excluding carboxylic acids is 3. The van der Waals surface area contributed by atoms with Gasteiger partial charge >= 0.3 is 0 Å². The Hall–Kier alpha value is -2.53. The van der Waals surface area contributed by atoms with Crippen LogP contribution < -0.4 is 10.6 Å². The maximum absolute atomic E-state index is 14.4. The van der Waals surface area contributed by atoms with E-state index in [2.05, 4.69) is 15.5 Å². The topological polar surface area (TPSA) is 120 Å². The van der Waals surface area contributed by atoms with Gasteiger partial charge < -0.3 is 30.1 Å². The van der Waals surface area contributed by atoms with Crippen LogP contribution in [0, 0.1) is 17.8 Å². The van der Waals surface area contributed by atoms with E-state index in [0.29, 0.717) is 39.3 Å². The first-order chi connectivity index (χ1) is 18.8. The highest BCUT2D eigenvalue weighted by atomic mass is 16.5. The molecule has 10 heteroatoms. The highest BCUT2D eigenvalue weighted by molar-refractivity contribution is 5.99. The summed E-state index contributed by atoms with van der Waals surface area (Å²) >= 11 is 0. The summed E-state index contributed by atoms with van der Waals surface area (Å²) < 4.78 is 12.2. The second-order valence-corrected chi connectivity index (χ2v) is 11.6. The first-order valence-electron chi connectivity index (χ1n) is 14.3. The molecule has 1 aromatic carbocycles. The Morgan fingerprint density at radius 3 is 2.49 bits per heavy atom. The summed E-state index contributed by atoms with van der Waals surface area (Å²) in [6, 6.07) is 7.56. The molecule has 0 radical (unpaired) electrons. The van der Waals surface area contributed by atoms with E-state index in [1.54, 1.807) is 0 Å². The smallest absolute Gasteiger partial charge is 0.245 e. The largest absolute Gasteiger partial charge is 0.394 e. The third-order valence-electron chi connectivity index (χ3n) is 9.36. The standard InChI is InChI=1S/C29H42N4O6/c1-4-10-30-25(35)22-23-27(37)33(21(18-34)20-8-6-5-7-9-20)24(29(23)17-19(2)28(22,3)39-29)26(36)31-11-12-32-13-15-38-16-14-32/h5-9,19,21-24,34H,4,10-18H2,1-3H3,(H,30,35)(H,31,36)/t19?,21-,22-,23+,24?,28+,29?/m1/s1. The van der Waals surface area contributed by atoms with Crippen molar-refractivity contribution in [3.63, 3.8) is 0 Å². The van der Waals surface area contributed by atoms with Gasteiger partial charge in [0, 0.05) is 32.7 Å². The molecule has 0 saturated carbocycles. The molecule has 3 unspecified atom stereocenters. The van der Waals surface area contributed by atoms with Crippen molar-refractivity contribution in [1.82, 2.24) is 20.4 Å². The number of aliphatic hydroxyl groups excluding tert-OH is 1. The van der Waals surface area contributed by atoms with Gasteiger partial charge in [0.05, 0.1) is 43.3 Å². The third kappa shape index (κ3) is 4.65. The molecule has 4 aliphatic heterocycles. The van der Waals surface area contributed by atoms with Crippen LogP contribution in [-0.4, -0.2) is 102 Å². The van der Waals surface area contributed by atoms with Crippen LogP contribution in [0.25, 0.3) is 0 Å². The molecule has 5 rings (SSSR count). The van der Waals surface area contributed by atoms with Crippen LogP contribution in [0.5, 0.6) is 0 Å². The van der Waals surface area contributed by atoms with E-state index in [1.165, 1.54) is 4.90 Å². The quantitative estimate of drug-likeness (QED) is 0.398.